The second kappa shape index (κ2) is 9.90. The number of nitrogens with one attached hydrogen (secondary N) is 1. The zero-order chi connectivity index (χ0) is 22.6. The summed E-state index contributed by atoms with van der Waals surface area (Å²) in [5.74, 6) is 0.943. The number of H-pyrrole nitrogens is 1. The van der Waals surface area contributed by atoms with Gasteiger partial charge < -0.3 is 14.6 Å². The van der Waals surface area contributed by atoms with Crippen LogP contribution in [0.5, 0.6) is 5.75 Å². The SMILES string of the molecule is Cc1c(-c2ccccc2OCCCN2CCN(c3cccc(Cl)c3)CC2)[nH]c2ccccc12. The number of anilines is 1. The van der Waals surface area contributed by atoms with Gasteiger partial charge in [0.1, 0.15) is 5.75 Å². The molecular weight excluding hydrogens is 430 g/mol. The van der Waals surface area contributed by atoms with Gasteiger partial charge in [-0.05, 0) is 55.3 Å². The van der Waals surface area contributed by atoms with E-state index in [2.05, 4.69) is 76.3 Å². The number of benzene rings is 3. The maximum absolute atomic E-state index is 6.27. The number of aryl methyl sites for hydroxylation is 1. The number of piperazine rings is 1. The summed E-state index contributed by atoms with van der Waals surface area (Å²) in [4.78, 5) is 8.52. The Hall–Kier alpha value is -2.95. The highest BCUT2D eigenvalue weighted by atomic mass is 35.5. The Labute approximate surface area is 200 Å². The van der Waals surface area contributed by atoms with Gasteiger partial charge in [-0.25, -0.2) is 0 Å². The van der Waals surface area contributed by atoms with E-state index in [1.165, 1.54) is 16.6 Å². The van der Waals surface area contributed by atoms with Crippen molar-refractivity contribution in [3.63, 3.8) is 0 Å². The van der Waals surface area contributed by atoms with E-state index in [9.17, 15) is 0 Å². The third-order valence-electron chi connectivity index (χ3n) is 6.54. The van der Waals surface area contributed by atoms with Crippen molar-refractivity contribution >= 4 is 28.2 Å². The highest BCUT2D eigenvalue weighted by Gasteiger charge is 2.17. The van der Waals surface area contributed by atoms with E-state index < -0.39 is 0 Å². The van der Waals surface area contributed by atoms with Gasteiger partial charge in [0.05, 0.1) is 12.3 Å². The molecule has 4 aromatic rings. The third-order valence-corrected chi connectivity index (χ3v) is 6.78. The van der Waals surface area contributed by atoms with E-state index in [0.29, 0.717) is 6.61 Å². The lowest BCUT2D eigenvalue weighted by molar-refractivity contribution is 0.225. The summed E-state index contributed by atoms with van der Waals surface area (Å²) in [5.41, 5.74) is 5.91. The Morgan fingerprint density at radius 1 is 0.909 bits per heavy atom. The number of aromatic nitrogens is 1. The maximum atomic E-state index is 6.27. The minimum Gasteiger partial charge on any atom is -0.493 e. The molecule has 5 heteroatoms. The Balaban J connectivity index is 1.15. The van der Waals surface area contributed by atoms with Crippen molar-refractivity contribution in [1.82, 2.24) is 9.88 Å². The van der Waals surface area contributed by atoms with Gasteiger partial charge >= 0.3 is 0 Å². The first kappa shape index (κ1) is 21.9. The molecule has 0 aliphatic carbocycles. The molecule has 0 atom stereocenters. The molecule has 1 fully saturated rings. The smallest absolute Gasteiger partial charge is 0.128 e. The minimum atomic E-state index is 0.713. The summed E-state index contributed by atoms with van der Waals surface area (Å²) >= 11 is 6.15. The summed E-state index contributed by atoms with van der Waals surface area (Å²) in [7, 11) is 0. The summed E-state index contributed by atoms with van der Waals surface area (Å²) in [6.07, 6.45) is 1.01. The van der Waals surface area contributed by atoms with Crippen LogP contribution in [-0.4, -0.2) is 49.2 Å². The molecule has 2 heterocycles. The highest BCUT2D eigenvalue weighted by Crippen LogP contribution is 2.35. The predicted octanol–water partition coefficient (Wildman–Crippen LogP) is 6.39. The maximum Gasteiger partial charge on any atom is 0.128 e. The van der Waals surface area contributed by atoms with E-state index in [0.717, 1.165) is 66.7 Å². The Morgan fingerprint density at radius 2 is 1.70 bits per heavy atom. The second-order valence-electron chi connectivity index (χ2n) is 8.68. The van der Waals surface area contributed by atoms with Gasteiger partial charge in [0.15, 0.2) is 0 Å². The number of halogens is 1. The average Bonchev–Trinajstić information content (AvgIpc) is 3.19. The van der Waals surface area contributed by atoms with Gasteiger partial charge in [-0.2, -0.15) is 0 Å². The minimum absolute atomic E-state index is 0.713. The molecule has 1 saturated heterocycles. The Kier molecular flexibility index (Phi) is 6.56. The standard InChI is InChI=1S/C28H30ClN3O/c1-21-24-10-2-4-12-26(24)30-28(21)25-11-3-5-13-27(25)33-19-7-14-31-15-17-32(18-16-31)23-9-6-8-22(29)20-23/h2-6,8-13,20,30H,7,14-19H2,1H3. The summed E-state index contributed by atoms with van der Waals surface area (Å²) in [6.45, 7) is 8.14. The van der Waals surface area contributed by atoms with Gasteiger partial charge in [0, 0.05) is 59.9 Å². The van der Waals surface area contributed by atoms with Gasteiger partial charge in [-0.1, -0.05) is 48.0 Å². The van der Waals surface area contributed by atoms with Crippen LogP contribution in [0.1, 0.15) is 12.0 Å². The van der Waals surface area contributed by atoms with Gasteiger partial charge in [-0.3, -0.25) is 4.90 Å². The van der Waals surface area contributed by atoms with Crippen LogP contribution in [0.3, 0.4) is 0 Å². The van der Waals surface area contributed by atoms with E-state index in [4.69, 9.17) is 16.3 Å². The number of hydrogen-bond donors (Lipinski definition) is 1. The second-order valence-corrected chi connectivity index (χ2v) is 9.11. The first-order valence-corrected chi connectivity index (χ1v) is 12.1. The van der Waals surface area contributed by atoms with E-state index in [-0.39, 0.29) is 0 Å². The molecule has 170 valence electrons. The summed E-state index contributed by atoms with van der Waals surface area (Å²) < 4.78 is 6.27. The molecule has 3 aromatic carbocycles. The van der Waals surface area contributed by atoms with Crippen LogP contribution in [0.4, 0.5) is 5.69 Å². The normalized spacial score (nSPS) is 14.7. The van der Waals surface area contributed by atoms with E-state index >= 15 is 0 Å². The molecular formula is C28H30ClN3O. The van der Waals surface area contributed by atoms with Crippen molar-refractivity contribution in [3.8, 4) is 17.0 Å². The lowest BCUT2D eigenvalue weighted by Gasteiger charge is -2.36. The van der Waals surface area contributed by atoms with E-state index in [1.54, 1.807) is 0 Å². The zero-order valence-electron chi connectivity index (χ0n) is 19.1. The van der Waals surface area contributed by atoms with Crippen LogP contribution in [0.15, 0.2) is 72.8 Å². The van der Waals surface area contributed by atoms with Crippen LogP contribution in [-0.2, 0) is 0 Å². The molecule has 0 unspecified atom stereocenters. The van der Waals surface area contributed by atoms with Crippen molar-refractivity contribution in [2.75, 3.05) is 44.2 Å². The van der Waals surface area contributed by atoms with Crippen LogP contribution < -0.4 is 9.64 Å². The van der Waals surface area contributed by atoms with Crippen LogP contribution in [0, 0.1) is 6.92 Å². The molecule has 0 radical (unpaired) electrons. The summed E-state index contributed by atoms with van der Waals surface area (Å²) in [6, 6.07) is 24.9. The first-order valence-electron chi connectivity index (χ1n) is 11.7. The van der Waals surface area contributed by atoms with Crippen molar-refractivity contribution < 1.29 is 4.74 Å². The van der Waals surface area contributed by atoms with Crippen LogP contribution >= 0.6 is 11.6 Å². The van der Waals surface area contributed by atoms with Crippen LogP contribution in [0.25, 0.3) is 22.2 Å². The Bertz CT molecular complexity index is 1230. The quantitative estimate of drug-likeness (QED) is 0.325. The number of nitrogens with zero attached hydrogens (tertiary/aromatic N) is 2. The Morgan fingerprint density at radius 3 is 2.52 bits per heavy atom. The zero-order valence-corrected chi connectivity index (χ0v) is 19.8. The monoisotopic (exact) mass is 459 g/mol. The van der Waals surface area contributed by atoms with Gasteiger partial charge in [-0.15, -0.1) is 0 Å². The number of para-hydroxylation sites is 2. The highest BCUT2D eigenvalue weighted by molar-refractivity contribution is 6.30. The largest absolute Gasteiger partial charge is 0.493 e. The van der Waals surface area contributed by atoms with Gasteiger partial charge in [0.25, 0.3) is 0 Å². The lowest BCUT2D eigenvalue weighted by Crippen LogP contribution is -2.46. The molecule has 1 aliphatic heterocycles. The topological polar surface area (TPSA) is 31.5 Å². The number of rotatable bonds is 7. The molecule has 1 aliphatic rings. The molecule has 0 spiro atoms. The molecule has 1 N–H and O–H groups in total. The fraction of sp³-hybridized carbons (Fsp3) is 0.286. The average molecular weight is 460 g/mol. The fourth-order valence-corrected chi connectivity index (χ4v) is 4.91. The number of ether oxygens (including phenoxy) is 1. The van der Waals surface area contributed by atoms with Crippen molar-refractivity contribution in [1.29, 1.82) is 0 Å². The molecule has 5 rings (SSSR count). The molecule has 0 saturated carbocycles. The molecule has 4 nitrogen and oxygen atoms in total. The van der Waals surface area contributed by atoms with Crippen molar-refractivity contribution in [3.05, 3.63) is 83.4 Å². The lowest BCUT2D eigenvalue weighted by atomic mass is 10.1. The molecule has 0 amide bonds. The summed E-state index contributed by atoms with van der Waals surface area (Å²) in [5, 5.41) is 2.06. The third kappa shape index (κ3) is 4.87. The number of fused-ring (bicyclic) bond motifs is 1. The van der Waals surface area contributed by atoms with E-state index in [1.807, 2.05) is 18.2 Å². The number of hydrogen-bond acceptors (Lipinski definition) is 3. The van der Waals surface area contributed by atoms with Gasteiger partial charge in [0.2, 0.25) is 0 Å². The molecule has 0 bridgehead atoms. The van der Waals surface area contributed by atoms with Crippen LogP contribution in [0.2, 0.25) is 5.02 Å². The first-order chi connectivity index (χ1) is 16.2. The van der Waals surface area contributed by atoms with Crippen molar-refractivity contribution in [2.45, 2.75) is 13.3 Å². The molecule has 33 heavy (non-hydrogen) atoms. The predicted molar refractivity (Wildman–Crippen MR) is 139 cm³/mol. The number of aromatic amines is 1. The molecule has 1 aromatic heterocycles. The van der Waals surface area contributed by atoms with Crippen molar-refractivity contribution in [2.24, 2.45) is 0 Å². The fourth-order valence-electron chi connectivity index (χ4n) is 4.72.